The summed E-state index contributed by atoms with van der Waals surface area (Å²) in [7, 11) is 0. The fraction of sp³-hybridized carbons (Fsp3) is 0.538. The van der Waals surface area contributed by atoms with Gasteiger partial charge in [-0.15, -0.1) is 0 Å². The molecule has 1 rings (SSSR count). The standard InChI is InChI=1S/C13H17F3I/c1-5-17-11-8-9(13(14,15)16)6-7-10(11)12(2,3)4/h6-8H,5H2,1-4H3/q-1. The average molecular weight is 357 g/mol. The van der Waals surface area contributed by atoms with Crippen LogP contribution in [0.25, 0.3) is 0 Å². The van der Waals surface area contributed by atoms with Crippen LogP contribution in [0.3, 0.4) is 0 Å². The van der Waals surface area contributed by atoms with Crippen LogP contribution >= 0.6 is 0 Å². The summed E-state index contributed by atoms with van der Waals surface area (Å²) in [5.74, 6) is 0. The quantitative estimate of drug-likeness (QED) is 0.553. The van der Waals surface area contributed by atoms with E-state index in [9.17, 15) is 13.2 Å². The molecule has 0 saturated heterocycles. The maximum atomic E-state index is 12.6. The molecule has 1 aromatic rings. The van der Waals surface area contributed by atoms with Crippen LogP contribution in [0.1, 0.15) is 38.8 Å². The molecule has 0 atom stereocenters. The summed E-state index contributed by atoms with van der Waals surface area (Å²) in [6, 6.07) is 4.19. The van der Waals surface area contributed by atoms with Gasteiger partial charge >= 0.3 is 111 Å². The summed E-state index contributed by atoms with van der Waals surface area (Å²) < 4.78 is 39.8. The van der Waals surface area contributed by atoms with Crippen molar-refractivity contribution in [3.63, 3.8) is 0 Å². The number of halogens is 4. The van der Waals surface area contributed by atoms with Gasteiger partial charge in [0.05, 0.1) is 0 Å². The van der Waals surface area contributed by atoms with E-state index in [-0.39, 0.29) is 26.6 Å². The third-order valence-corrected chi connectivity index (χ3v) is 4.86. The Labute approximate surface area is 111 Å². The molecule has 17 heavy (non-hydrogen) atoms. The number of hydrogen-bond acceptors (Lipinski definition) is 0. The van der Waals surface area contributed by atoms with Crippen molar-refractivity contribution >= 4 is 0 Å². The Balaban J connectivity index is 3.27. The summed E-state index contributed by atoms with van der Waals surface area (Å²) in [4.78, 5) is 0. The third kappa shape index (κ3) is 3.86. The van der Waals surface area contributed by atoms with Crippen molar-refractivity contribution < 1.29 is 34.4 Å². The molecule has 0 heterocycles. The first-order chi connectivity index (χ1) is 7.66. The van der Waals surface area contributed by atoms with Crippen LogP contribution in [0.2, 0.25) is 0 Å². The number of alkyl halides is 4. The van der Waals surface area contributed by atoms with E-state index in [1.54, 1.807) is 6.07 Å². The molecule has 0 spiro atoms. The van der Waals surface area contributed by atoms with E-state index in [2.05, 4.69) is 0 Å². The Morgan fingerprint density at radius 3 is 2.12 bits per heavy atom. The van der Waals surface area contributed by atoms with E-state index in [1.165, 1.54) is 12.1 Å². The van der Waals surface area contributed by atoms with E-state index in [0.29, 0.717) is 0 Å². The molecule has 0 nitrogen and oxygen atoms in total. The van der Waals surface area contributed by atoms with E-state index in [4.69, 9.17) is 0 Å². The topological polar surface area (TPSA) is 0 Å². The molecule has 0 saturated carbocycles. The second-order valence-electron chi connectivity index (χ2n) is 4.84. The zero-order valence-corrected chi connectivity index (χ0v) is 12.6. The summed E-state index contributed by atoms with van der Waals surface area (Å²) in [6.45, 7) is 8.15. The first kappa shape index (κ1) is 14.8. The van der Waals surface area contributed by atoms with Gasteiger partial charge in [0, 0.05) is 0 Å². The molecule has 4 heteroatoms. The van der Waals surface area contributed by atoms with Gasteiger partial charge in [-0.3, -0.25) is 0 Å². The van der Waals surface area contributed by atoms with Crippen molar-refractivity contribution in [1.29, 1.82) is 0 Å². The van der Waals surface area contributed by atoms with Gasteiger partial charge in [0.25, 0.3) is 0 Å². The normalized spacial score (nSPS) is 13.1. The average Bonchev–Trinajstić information content (AvgIpc) is 2.15. The maximum absolute atomic E-state index is 12.6. The molecule has 0 N–H and O–H groups in total. The molecule has 0 bridgehead atoms. The Hall–Kier alpha value is -0.260. The van der Waals surface area contributed by atoms with Crippen molar-refractivity contribution in [3.05, 3.63) is 32.9 Å². The van der Waals surface area contributed by atoms with Crippen LogP contribution in [-0.4, -0.2) is 4.43 Å². The molecular formula is C13H17F3I-. The monoisotopic (exact) mass is 357 g/mol. The molecule has 0 unspecified atom stereocenters. The fourth-order valence-corrected chi connectivity index (χ4v) is 4.33. The summed E-state index contributed by atoms with van der Waals surface area (Å²) in [5.41, 5.74) is 0.447. The van der Waals surface area contributed by atoms with Crippen LogP contribution < -0.4 is 21.2 Å². The predicted molar refractivity (Wildman–Crippen MR) is 59.4 cm³/mol. The molecule has 0 fully saturated rings. The van der Waals surface area contributed by atoms with Crippen molar-refractivity contribution in [1.82, 2.24) is 0 Å². The molecular weight excluding hydrogens is 340 g/mol. The summed E-state index contributed by atoms with van der Waals surface area (Å²) >= 11 is -0.323. The molecule has 0 aliphatic carbocycles. The van der Waals surface area contributed by atoms with E-state index >= 15 is 0 Å². The van der Waals surface area contributed by atoms with E-state index in [1.807, 2.05) is 27.7 Å². The molecule has 0 aliphatic rings. The summed E-state index contributed by atoms with van der Waals surface area (Å²) in [6.07, 6.45) is -4.23. The molecule has 98 valence electrons. The van der Waals surface area contributed by atoms with Gasteiger partial charge in [-0.05, 0) is 0 Å². The third-order valence-electron chi connectivity index (χ3n) is 2.38. The second-order valence-corrected chi connectivity index (χ2v) is 8.29. The van der Waals surface area contributed by atoms with Crippen LogP contribution in [0.4, 0.5) is 13.2 Å². The zero-order chi connectivity index (χ0) is 13.3. The summed E-state index contributed by atoms with van der Waals surface area (Å²) in [5, 5.41) is 0. The first-order valence-corrected chi connectivity index (χ1v) is 8.07. The van der Waals surface area contributed by atoms with Crippen molar-refractivity contribution in [3.8, 4) is 0 Å². The van der Waals surface area contributed by atoms with Gasteiger partial charge in [-0.2, -0.15) is 0 Å². The second kappa shape index (κ2) is 5.16. The van der Waals surface area contributed by atoms with Crippen molar-refractivity contribution in [2.45, 2.75) is 39.3 Å². The molecule has 1 aromatic carbocycles. The van der Waals surface area contributed by atoms with E-state index < -0.39 is 11.7 Å². The fourth-order valence-electron chi connectivity index (χ4n) is 1.55. The van der Waals surface area contributed by atoms with Gasteiger partial charge in [0.15, 0.2) is 0 Å². The molecule has 0 amide bonds. The molecule has 0 aliphatic heterocycles. The van der Waals surface area contributed by atoms with Crippen LogP contribution in [0, 0.1) is 3.57 Å². The molecule has 0 aromatic heterocycles. The number of benzene rings is 1. The van der Waals surface area contributed by atoms with Gasteiger partial charge < -0.3 is 0 Å². The van der Waals surface area contributed by atoms with Crippen molar-refractivity contribution in [2.24, 2.45) is 0 Å². The Bertz CT molecular complexity index is 389. The van der Waals surface area contributed by atoms with Gasteiger partial charge in [-0.1, -0.05) is 0 Å². The Morgan fingerprint density at radius 2 is 1.71 bits per heavy atom. The van der Waals surface area contributed by atoms with Gasteiger partial charge in [0.1, 0.15) is 0 Å². The van der Waals surface area contributed by atoms with Crippen LogP contribution in [0.5, 0.6) is 0 Å². The minimum atomic E-state index is -4.23. The molecule has 0 radical (unpaired) electrons. The van der Waals surface area contributed by atoms with Gasteiger partial charge in [0.2, 0.25) is 0 Å². The van der Waals surface area contributed by atoms with Crippen LogP contribution in [0.15, 0.2) is 18.2 Å². The van der Waals surface area contributed by atoms with Gasteiger partial charge in [-0.25, -0.2) is 0 Å². The SMILES string of the molecule is CC[I-]c1cc(C(F)(F)F)ccc1C(C)(C)C. The predicted octanol–water partition coefficient (Wildman–Crippen LogP) is 1.28. The Morgan fingerprint density at radius 1 is 1.12 bits per heavy atom. The minimum absolute atomic E-state index is 0.0889. The number of hydrogen-bond donors (Lipinski definition) is 0. The Kier molecular flexibility index (Phi) is 4.49. The zero-order valence-electron chi connectivity index (χ0n) is 10.5. The van der Waals surface area contributed by atoms with E-state index in [0.717, 1.165) is 13.6 Å². The first-order valence-electron chi connectivity index (χ1n) is 5.47. The van der Waals surface area contributed by atoms with Crippen LogP contribution in [-0.2, 0) is 11.6 Å². The number of rotatable bonds is 2. The van der Waals surface area contributed by atoms with Crippen molar-refractivity contribution in [2.75, 3.05) is 4.43 Å².